The van der Waals surface area contributed by atoms with Crippen LogP contribution in [0.3, 0.4) is 0 Å². The van der Waals surface area contributed by atoms with E-state index >= 15 is 0 Å². The van der Waals surface area contributed by atoms with Crippen molar-refractivity contribution < 1.29 is 0 Å². The third-order valence-corrected chi connectivity index (χ3v) is 2.77. The van der Waals surface area contributed by atoms with Crippen LogP contribution in [-0.4, -0.2) is 19.1 Å². The van der Waals surface area contributed by atoms with Crippen molar-refractivity contribution in [2.75, 3.05) is 18.4 Å². The Morgan fingerprint density at radius 3 is 2.79 bits per heavy atom. The quantitative estimate of drug-likeness (QED) is 0.763. The van der Waals surface area contributed by atoms with Gasteiger partial charge in [0.15, 0.2) is 0 Å². The zero-order chi connectivity index (χ0) is 9.80. The Balaban J connectivity index is 1.82. The molecule has 0 aromatic heterocycles. The summed E-state index contributed by atoms with van der Waals surface area (Å²) in [5.74, 6) is 0. The number of aryl methyl sites for hydroxylation is 1. The van der Waals surface area contributed by atoms with Gasteiger partial charge in [0.05, 0.1) is 0 Å². The normalized spacial score (nSPS) is 21.1. The van der Waals surface area contributed by atoms with Crippen LogP contribution in [0.25, 0.3) is 0 Å². The van der Waals surface area contributed by atoms with E-state index < -0.39 is 0 Å². The fraction of sp³-hybridized carbons (Fsp3) is 0.500. The van der Waals surface area contributed by atoms with Gasteiger partial charge in [0.1, 0.15) is 0 Å². The zero-order valence-corrected chi connectivity index (χ0v) is 8.72. The average Bonchev–Trinajstić information content (AvgIpc) is 2.70. The second-order valence-electron chi connectivity index (χ2n) is 4.04. The topological polar surface area (TPSA) is 24.1 Å². The lowest BCUT2D eigenvalue weighted by Gasteiger charge is -2.12. The molecule has 14 heavy (non-hydrogen) atoms. The smallest absolute Gasteiger partial charge is 0.0340 e. The van der Waals surface area contributed by atoms with Crippen molar-refractivity contribution in [3.05, 3.63) is 29.8 Å². The summed E-state index contributed by atoms with van der Waals surface area (Å²) in [4.78, 5) is 0. The van der Waals surface area contributed by atoms with E-state index in [0.717, 1.165) is 6.54 Å². The van der Waals surface area contributed by atoms with Gasteiger partial charge in [-0.3, -0.25) is 0 Å². The monoisotopic (exact) mass is 190 g/mol. The van der Waals surface area contributed by atoms with E-state index in [-0.39, 0.29) is 0 Å². The second kappa shape index (κ2) is 4.47. The molecule has 76 valence electrons. The third kappa shape index (κ3) is 2.48. The van der Waals surface area contributed by atoms with E-state index in [1.54, 1.807) is 0 Å². The molecule has 1 heterocycles. The molecule has 1 atom stereocenters. The largest absolute Gasteiger partial charge is 0.383 e. The number of anilines is 1. The van der Waals surface area contributed by atoms with Crippen LogP contribution in [0.5, 0.6) is 0 Å². The molecule has 0 unspecified atom stereocenters. The summed E-state index contributed by atoms with van der Waals surface area (Å²) in [6.07, 6.45) is 2.62. The van der Waals surface area contributed by atoms with Gasteiger partial charge >= 0.3 is 0 Å². The van der Waals surface area contributed by atoms with Crippen LogP contribution in [0.1, 0.15) is 18.4 Å². The Hall–Kier alpha value is -1.02. The Kier molecular flexibility index (Phi) is 3.04. The first-order valence-electron chi connectivity index (χ1n) is 5.38. The molecule has 0 amide bonds. The fourth-order valence-corrected chi connectivity index (χ4v) is 1.84. The highest BCUT2D eigenvalue weighted by molar-refractivity contribution is 5.44. The predicted octanol–water partition coefficient (Wildman–Crippen LogP) is 2.16. The minimum atomic E-state index is 0.663. The fourth-order valence-electron chi connectivity index (χ4n) is 1.84. The average molecular weight is 190 g/mol. The summed E-state index contributed by atoms with van der Waals surface area (Å²) in [7, 11) is 0. The lowest BCUT2D eigenvalue weighted by Crippen LogP contribution is -2.29. The van der Waals surface area contributed by atoms with Crippen LogP contribution in [0.4, 0.5) is 5.69 Å². The second-order valence-corrected chi connectivity index (χ2v) is 4.04. The van der Waals surface area contributed by atoms with Crippen LogP contribution >= 0.6 is 0 Å². The van der Waals surface area contributed by atoms with E-state index in [2.05, 4.69) is 41.8 Å². The summed E-state index contributed by atoms with van der Waals surface area (Å²) >= 11 is 0. The van der Waals surface area contributed by atoms with Crippen molar-refractivity contribution in [3.63, 3.8) is 0 Å². The van der Waals surface area contributed by atoms with Gasteiger partial charge in [-0.05, 0) is 38.4 Å². The third-order valence-electron chi connectivity index (χ3n) is 2.77. The maximum atomic E-state index is 3.48. The van der Waals surface area contributed by atoms with Crippen LogP contribution in [0.2, 0.25) is 0 Å². The number of benzene rings is 1. The van der Waals surface area contributed by atoms with E-state index in [0.29, 0.717) is 6.04 Å². The summed E-state index contributed by atoms with van der Waals surface area (Å²) in [5.41, 5.74) is 2.54. The molecule has 0 spiro atoms. The van der Waals surface area contributed by atoms with Crippen molar-refractivity contribution in [2.45, 2.75) is 25.8 Å². The van der Waals surface area contributed by atoms with Gasteiger partial charge in [0.25, 0.3) is 0 Å². The van der Waals surface area contributed by atoms with E-state index in [1.807, 2.05) is 0 Å². The highest BCUT2D eigenvalue weighted by atomic mass is 15.0. The minimum Gasteiger partial charge on any atom is -0.383 e. The van der Waals surface area contributed by atoms with E-state index in [9.17, 15) is 0 Å². The first-order chi connectivity index (χ1) is 6.84. The molecule has 1 aliphatic heterocycles. The molecule has 2 N–H and O–H groups in total. The van der Waals surface area contributed by atoms with Gasteiger partial charge in [-0.1, -0.05) is 17.7 Å². The summed E-state index contributed by atoms with van der Waals surface area (Å²) in [6.45, 7) is 4.34. The highest BCUT2D eigenvalue weighted by Crippen LogP contribution is 2.10. The van der Waals surface area contributed by atoms with Crippen LogP contribution in [0.15, 0.2) is 24.3 Å². The Bertz CT molecular complexity index is 273. The van der Waals surface area contributed by atoms with Gasteiger partial charge in [0.2, 0.25) is 0 Å². The van der Waals surface area contributed by atoms with Crippen molar-refractivity contribution in [1.29, 1.82) is 0 Å². The van der Waals surface area contributed by atoms with E-state index in [1.165, 1.54) is 30.6 Å². The zero-order valence-electron chi connectivity index (χ0n) is 8.72. The van der Waals surface area contributed by atoms with Crippen LogP contribution in [-0.2, 0) is 0 Å². The molecule has 1 aromatic rings. The summed E-state index contributed by atoms with van der Waals surface area (Å²) < 4.78 is 0. The predicted molar refractivity (Wildman–Crippen MR) is 60.7 cm³/mol. The molecule has 0 aliphatic carbocycles. The molecule has 2 heteroatoms. The molecule has 0 saturated carbocycles. The molecule has 1 aliphatic rings. The molecule has 2 nitrogen and oxygen atoms in total. The van der Waals surface area contributed by atoms with Crippen LogP contribution in [0, 0.1) is 6.92 Å². The minimum absolute atomic E-state index is 0.663. The molecular formula is C12H18N2. The standard InChI is InChI=1S/C12H18N2/c1-10-4-6-11(7-5-10)14-9-12-3-2-8-13-12/h4-7,12-14H,2-3,8-9H2,1H3/t12-/m0/s1. The van der Waals surface area contributed by atoms with Gasteiger partial charge in [-0.2, -0.15) is 0 Å². The van der Waals surface area contributed by atoms with Crippen molar-refractivity contribution in [3.8, 4) is 0 Å². The maximum absolute atomic E-state index is 3.48. The Labute approximate surface area is 85.7 Å². The lowest BCUT2D eigenvalue weighted by molar-refractivity contribution is 0.633. The number of hydrogen-bond donors (Lipinski definition) is 2. The first-order valence-corrected chi connectivity index (χ1v) is 5.38. The summed E-state index contributed by atoms with van der Waals surface area (Å²) in [6, 6.07) is 9.24. The summed E-state index contributed by atoms with van der Waals surface area (Å²) in [5, 5.41) is 6.93. The Morgan fingerprint density at radius 1 is 1.36 bits per heavy atom. The van der Waals surface area contributed by atoms with Gasteiger partial charge in [-0.25, -0.2) is 0 Å². The Morgan fingerprint density at radius 2 is 2.14 bits per heavy atom. The molecule has 1 aromatic carbocycles. The molecular weight excluding hydrogens is 172 g/mol. The molecule has 0 bridgehead atoms. The van der Waals surface area contributed by atoms with Crippen molar-refractivity contribution in [1.82, 2.24) is 5.32 Å². The maximum Gasteiger partial charge on any atom is 0.0340 e. The van der Waals surface area contributed by atoms with Gasteiger partial charge in [0, 0.05) is 18.3 Å². The van der Waals surface area contributed by atoms with Gasteiger partial charge < -0.3 is 10.6 Å². The molecule has 1 fully saturated rings. The van der Waals surface area contributed by atoms with Crippen molar-refractivity contribution >= 4 is 5.69 Å². The number of hydrogen-bond acceptors (Lipinski definition) is 2. The van der Waals surface area contributed by atoms with Gasteiger partial charge in [-0.15, -0.1) is 0 Å². The lowest BCUT2D eigenvalue weighted by atomic mass is 10.2. The molecule has 2 rings (SSSR count). The first kappa shape index (κ1) is 9.53. The SMILES string of the molecule is Cc1ccc(NC[C@@H]2CCCN2)cc1. The number of rotatable bonds is 3. The van der Waals surface area contributed by atoms with Crippen LogP contribution < -0.4 is 10.6 Å². The number of nitrogens with one attached hydrogen (secondary N) is 2. The van der Waals surface area contributed by atoms with Crippen molar-refractivity contribution in [2.24, 2.45) is 0 Å². The highest BCUT2D eigenvalue weighted by Gasteiger charge is 2.12. The molecule has 0 radical (unpaired) electrons. The van der Waals surface area contributed by atoms with E-state index in [4.69, 9.17) is 0 Å². The molecule has 1 saturated heterocycles.